The molecule has 1 aliphatic heterocycles. The summed E-state index contributed by atoms with van der Waals surface area (Å²) in [5.41, 5.74) is 1.38. The van der Waals surface area contributed by atoms with Gasteiger partial charge in [-0.25, -0.2) is 0 Å². The Hall–Kier alpha value is -3.64. The van der Waals surface area contributed by atoms with Crippen molar-refractivity contribution in [1.82, 2.24) is 9.80 Å². The lowest BCUT2D eigenvalue weighted by molar-refractivity contribution is -0.140. The highest BCUT2D eigenvalue weighted by Gasteiger charge is 2.45. The number of hydrogen-bond donors (Lipinski definition) is 1. The summed E-state index contributed by atoms with van der Waals surface area (Å²) in [4.78, 5) is 29.8. The standard InChI is InChI=1S/C28H30N2O4/c1-4-17-34-23-13-11-20(12-14-23)25-24(27(32)28(33)30(25)16-15-29(2)3)26(31)22-10-9-19-7-5-6-8-21(19)18-22/h5-14,18,25,31H,4,15-17H2,1-3H3/b26-24-. The highest BCUT2D eigenvalue weighted by atomic mass is 16.5. The maximum absolute atomic E-state index is 13.2. The lowest BCUT2D eigenvalue weighted by atomic mass is 9.94. The molecular weight excluding hydrogens is 428 g/mol. The van der Waals surface area contributed by atoms with E-state index >= 15 is 0 Å². The predicted molar refractivity (Wildman–Crippen MR) is 134 cm³/mol. The molecule has 176 valence electrons. The molecule has 1 fully saturated rings. The number of hydrogen-bond acceptors (Lipinski definition) is 5. The van der Waals surface area contributed by atoms with Crippen molar-refractivity contribution in [3.05, 3.63) is 83.4 Å². The van der Waals surface area contributed by atoms with E-state index in [1.807, 2.05) is 86.6 Å². The second kappa shape index (κ2) is 10.1. The average molecular weight is 459 g/mol. The molecule has 3 aromatic rings. The first kappa shape index (κ1) is 23.5. The fourth-order valence-electron chi connectivity index (χ4n) is 4.22. The molecule has 6 nitrogen and oxygen atoms in total. The molecule has 0 bridgehead atoms. The third-order valence-electron chi connectivity index (χ3n) is 6.02. The number of aliphatic hydroxyl groups excluding tert-OH is 1. The van der Waals surface area contributed by atoms with Crippen molar-refractivity contribution >= 4 is 28.2 Å². The number of carbonyl (C=O) groups is 2. The number of carbonyl (C=O) groups excluding carboxylic acids is 2. The molecule has 1 aliphatic rings. The zero-order valence-electron chi connectivity index (χ0n) is 19.8. The van der Waals surface area contributed by atoms with Gasteiger partial charge >= 0.3 is 0 Å². The van der Waals surface area contributed by atoms with Crippen LogP contribution in [0, 0.1) is 0 Å². The van der Waals surface area contributed by atoms with E-state index in [4.69, 9.17) is 4.74 Å². The van der Waals surface area contributed by atoms with E-state index < -0.39 is 17.7 Å². The lowest BCUT2D eigenvalue weighted by Crippen LogP contribution is -2.35. The van der Waals surface area contributed by atoms with Crippen LogP contribution >= 0.6 is 0 Å². The summed E-state index contributed by atoms with van der Waals surface area (Å²) in [5.74, 6) is -0.695. The van der Waals surface area contributed by atoms with E-state index in [0.29, 0.717) is 25.3 Å². The van der Waals surface area contributed by atoms with Gasteiger partial charge in [0.1, 0.15) is 11.5 Å². The van der Waals surface area contributed by atoms with Gasteiger partial charge in [0, 0.05) is 18.7 Å². The molecule has 1 heterocycles. The zero-order chi connectivity index (χ0) is 24.2. The largest absolute Gasteiger partial charge is 0.507 e. The Morgan fingerprint density at radius 1 is 1.00 bits per heavy atom. The van der Waals surface area contributed by atoms with E-state index in [1.165, 1.54) is 0 Å². The Morgan fingerprint density at radius 3 is 2.38 bits per heavy atom. The maximum Gasteiger partial charge on any atom is 0.295 e. The zero-order valence-corrected chi connectivity index (χ0v) is 19.8. The van der Waals surface area contributed by atoms with Crippen molar-refractivity contribution in [1.29, 1.82) is 0 Å². The molecule has 0 saturated carbocycles. The SMILES string of the molecule is CCCOc1ccc(C2/C(=C(/O)c3ccc4ccccc4c3)C(=O)C(=O)N2CCN(C)C)cc1. The molecule has 1 saturated heterocycles. The van der Waals surface area contributed by atoms with Crippen molar-refractivity contribution in [3.8, 4) is 5.75 Å². The molecule has 1 amide bonds. The number of fused-ring (bicyclic) bond motifs is 1. The van der Waals surface area contributed by atoms with Crippen LogP contribution < -0.4 is 4.74 Å². The number of benzene rings is 3. The van der Waals surface area contributed by atoms with Gasteiger partial charge in [0.15, 0.2) is 0 Å². The van der Waals surface area contributed by atoms with Crippen LogP contribution in [-0.4, -0.2) is 60.4 Å². The van der Waals surface area contributed by atoms with Crippen molar-refractivity contribution in [2.75, 3.05) is 33.8 Å². The summed E-state index contributed by atoms with van der Waals surface area (Å²) < 4.78 is 5.69. The molecule has 0 aliphatic carbocycles. The quantitative estimate of drug-likeness (QED) is 0.303. The van der Waals surface area contributed by atoms with Crippen LogP contribution in [0.2, 0.25) is 0 Å². The number of ether oxygens (including phenoxy) is 1. The van der Waals surface area contributed by atoms with E-state index in [9.17, 15) is 14.7 Å². The molecule has 0 radical (unpaired) electrons. The molecule has 0 aromatic heterocycles. The minimum Gasteiger partial charge on any atom is -0.507 e. The van der Waals surface area contributed by atoms with Crippen LogP contribution in [0.3, 0.4) is 0 Å². The number of likely N-dealkylation sites (N-methyl/N-ethyl adjacent to an activating group) is 1. The van der Waals surface area contributed by atoms with E-state index in [2.05, 4.69) is 0 Å². The van der Waals surface area contributed by atoms with Crippen molar-refractivity contribution in [2.45, 2.75) is 19.4 Å². The lowest BCUT2D eigenvalue weighted by Gasteiger charge is -2.26. The number of Topliss-reactive ketones (excluding diaryl/α,β-unsaturated/α-hetero) is 1. The maximum atomic E-state index is 13.2. The first-order valence-corrected chi connectivity index (χ1v) is 11.6. The van der Waals surface area contributed by atoms with Gasteiger partial charge < -0.3 is 19.6 Å². The van der Waals surface area contributed by atoms with Crippen LogP contribution in [0.5, 0.6) is 5.75 Å². The van der Waals surface area contributed by atoms with Crippen LogP contribution in [0.4, 0.5) is 0 Å². The minimum absolute atomic E-state index is 0.112. The number of amides is 1. The highest BCUT2D eigenvalue weighted by molar-refractivity contribution is 6.46. The van der Waals surface area contributed by atoms with Gasteiger partial charge in [0.25, 0.3) is 11.7 Å². The summed E-state index contributed by atoms with van der Waals surface area (Å²) in [6, 6.07) is 20.1. The third kappa shape index (κ3) is 4.68. The van der Waals surface area contributed by atoms with E-state index in [-0.39, 0.29) is 11.3 Å². The molecule has 1 unspecified atom stereocenters. The highest BCUT2D eigenvalue weighted by Crippen LogP contribution is 2.40. The average Bonchev–Trinajstić information content (AvgIpc) is 3.10. The van der Waals surface area contributed by atoms with Gasteiger partial charge in [-0.1, -0.05) is 55.5 Å². The fraction of sp³-hybridized carbons (Fsp3) is 0.286. The van der Waals surface area contributed by atoms with Crippen LogP contribution in [0.25, 0.3) is 16.5 Å². The molecule has 1 atom stereocenters. The monoisotopic (exact) mass is 458 g/mol. The number of likely N-dealkylation sites (tertiary alicyclic amines) is 1. The molecular formula is C28H30N2O4. The molecule has 1 N–H and O–H groups in total. The number of rotatable bonds is 8. The predicted octanol–water partition coefficient (Wildman–Crippen LogP) is 4.61. The third-order valence-corrected chi connectivity index (χ3v) is 6.02. The van der Waals surface area contributed by atoms with Crippen molar-refractivity contribution in [2.24, 2.45) is 0 Å². The number of aliphatic hydroxyl groups is 1. The summed E-state index contributed by atoms with van der Waals surface area (Å²) in [5, 5.41) is 13.3. The Balaban J connectivity index is 1.80. The summed E-state index contributed by atoms with van der Waals surface area (Å²) in [6.07, 6.45) is 0.901. The molecule has 0 spiro atoms. The fourth-order valence-corrected chi connectivity index (χ4v) is 4.22. The number of ketones is 1. The van der Waals surface area contributed by atoms with Gasteiger partial charge in [-0.3, -0.25) is 9.59 Å². The Bertz CT molecular complexity index is 1230. The minimum atomic E-state index is -0.674. The molecule has 6 heteroatoms. The van der Waals surface area contributed by atoms with Gasteiger partial charge in [-0.15, -0.1) is 0 Å². The number of nitrogens with zero attached hydrogens (tertiary/aromatic N) is 2. The first-order chi connectivity index (χ1) is 16.4. The van der Waals surface area contributed by atoms with Crippen molar-refractivity contribution in [3.63, 3.8) is 0 Å². The van der Waals surface area contributed by atoms with Crippen molar-refractivity contribution < 1.29 is 19.4 Å². The smallest absolute Gasteiger partial charge is 0.295 e. The Labute approximate surface area is 200 Å². The van der Waals surface area contributed by atoms with Gasteiger partial charge in [0.05, 0.1) is 18.2 Å². The van der Waals surface area contributed by atoms with Crippen LogP contribution in [-0.2, 0) is 9.59 Å². The molecule has 3 aromatic carbocycles. The summed E-state index contributed by atoms with van der Waals surface area (Å²) >= 11 is 0. The van der Waals surface area contributed by atoms with Gasteiger partial charge in [-0.2, -0.15) is 0 Å². The Morgan fingerprint density at radius 2 is 1.71 bits per heavy atom. The second-order valence-corrected chi connectivity index (χ2v) is 8.78. The van der Waals surface area contributed by atoms with Gasteiger partial charge in [-0.05, 0) is 55.1 Å². The topological polar surface area (TPSA) is 70.1 Å². The normalized spacial score (nSPS) is 17.6. The summed E-state index contributed by atoms with van der Waals surface area (Å²) in [6.45, 7) is 3.62. The van der Waals surface area contributed by atoms with Crippen LogP contribution in [0.1, 0.15) is 30.5 Å². The molecule has 34 heavy (non-hydrogen) atoms. The molecule has 4 rings (SSSR count). The first-order valence-electron chi connectivity index (χ1n) is 11.6. The second-order valence-electron chi connectivity index (χ2n) is 8.78. The summed E-state index contributed by atoms with van der Waals surface area (Å²) in [7, 11) is 3.83. The van der Waals surface area contributed by atoms with E-state index in [1.54, 1.807) is 11.0 Å². The Kier molecular flexibility index (Phi) is 6.98. The van der Waals surface area contributed by atoms with E-state index in [0.717, 1.165) is 28.5 Å². The van der Waals surface area contributed by atoms with Crippen LogP contribution in [0.15, 0.2) is 72.3 Å². The van der Waals surface area contributed by atoms with Gasteiger partial charge in [0.2, 0.25) is 0 Å².